The molecule has 0 aliphatic heterocycles. The van der Waals surface area contributed by atoms with Crippen LogP contribution in [0.4, 0.5) is 5.69 Å². The van der Waals surface area contributed by atoms with Gasteiger partial charge in [-0.3, -0.25) is 14.7 Å². The number of benzene rings is 2. The molecule has 1 heterocycles. The van der Waals surface area contributed by atoms with Crippen LogP contribution in [0.3, 0.4) is 0 Å². The summed E-state index contributed by atoms with van der Waals surface area (Å²) in [7, 11) is 1.66. The van der Waals surface area contributed by atoms with Crippen molar-refractivity contribution in [2.75, 3.05) is 0 Å². The fraction of sp³-hybridized carbons (Fsp3) is 0.0714. The Bertz CT molecular complexity index is 877. The van der Waals surface area contributed by atoms with Crippen molar-refractivity contribution in [2.24, 2.45) is 7.05 Å². The van der Waals surface area contributed by atoms with E-state index in [4.69, 9.17) is 0 Å². The fourth-order valence-electron chi connectivity index (χ4n) is 2.34. The van der Waals surface area contributed by atoms with Crippen LogP contribution in [-0.4, -0.2) is 14.5 Å². The van der Waals surface area contributed by atoms with Gasteiger partial charge in [-0.15, -0.1) is 0 Å². The molecule has 1 N–H and O–H groups in total. The summed E-state index contributed by atoms with van der Waals surface area (Å²) in [5, 5.41) is 11.1. The van der Waals surface area contributed by atoms with Crippen LogP contribution in [0.25, 0.3) is 22.2 Å². The number of aromatic nitrogens is 2. The molecule has 0 saturated heterocycles. The Morgan fingerprint density at radius 3 is 2.55 bits per heavy atom. The zero-order valence-electron chi connectivity index (χ0n) is 10.7. The van der Waals surface area contributed by atoms with Gasteiger partial charge in [0.15, 0.2) is 0 Å². The van der Waals surface area contributed by atoms with E-state index in [1.807, 2.05) is 0 Å². The average molecular weight is 269 g/mol. The normalized spacial score (nSPS) is 10.8. The number of hydrogen-bond donors (Lipinski definition) is 1. The van der Waals surface area contributed by atoms with Crippen LogP contribution >= 0.6 is 0 Å². The minimum Gasteiger partial charge on any atom is -0.305 e. The highest BCUT2D eigenvalue weighted by molar-refractivity contribution is 5.94. The second-order valence-electron chi connectivity index (χ2n) is 4.46. The first-order valence-corrected chi connectivity index (χ1v) is 6.01. The van der Waals surface area contributed by atoms with E-state index in [9.17, 15) is 14.9 Å². The van der Waals surface area contributed by atoms with E-state index >= 15 is 0 Å². The van der Waals surface area contributed by atoms with Crippen molar-refractivity contribution in [3.05, 3.63) is 63.1 Å². The van der Waals surface area contributed by atoms with Crippen LogP contribution in [0.1, 0.15) is 0 Å². The van der Waals surface area contributed by atoms with Crippen LogP contribution in [0.15, 0.2) is 47.3 Å². The maximum Gasteiger partial charge on any atom is 0.326 e. The Kier molecular flexibility index (Phi) is 2.64. The van der Waals surface area contributed by atoms with E-state index in [1.54, 1.807) is 43.4 Å². The average Bonchev–Trinajstić information content (AvgIpc) is 2.74. The van der Waals surface area contributed by atoms with Gasteiger partial charge in [-0.1, -0.05) is 24.3 Å². The predicted molar refractivity (Wildman–Crippen MR) is 75.6 cm³/mol. The van der Waals surface area contributed by atoms with E-state index in [1.165, 1.54) is 10.6 Å². The summed E-state index contributed by atoms with van der Waals surface area (Å²) < 4.78 is 1.48. The first kappa shape index (κ1) is 12.2. The summed E-state index contributed by atoms with van der Waals surface area (Å²) in [4.78, 5) is 25.2. The molecular formula is C14H11N3O3. The highest BCUT2D eigenvalue weighted by atomic mass is 16.6. The van der Waals surface area contributed by atoms with E-state index < -0.39 is 4.92 Å². The molecule has 6 nitrogen and oxygen atoms in total. The van der Waals surface area contributed by atoms with Gasteiger partial charge in [-0.2, -0.15) is 0 Å². The predicted octanol–water partition coefficient (Wildman–Crippen LogP) is 2.44. The standard InChI is InChI=1S/C14H11N3O3/c1-16-12-8-4-6-10(13(12)15-14(16)18)9-5-2-3-7-11(9)17(19)20/h2-8H,1H3,(H,15,18). The zero-order chi connectivity index (χ0) is 14.3. The van der Waals surface area contributed by atoms with Gasteiger partial charge in [-0.05, 0) is 12.1 Å². The number of nitro benzene ring substituents is 1. The molecule has 0 aliphatic rings. The van der Waals surface area contributed by atoms with Crippen molar-refractivity contribution in [2.45, 2.75) is 0 Å². The van der Waals surface area contributed by atoms with Crippen LogP contribution in [-0.2, 0) is 7.05 Å². The first-order valence-electron chi connectivity index (χ1n) is 6.01. The van der Waals surface area contributed by atoms with Gasteiger partial charge in [0.05, 0.1) is 21.5 Å². The number of H-pyrrole nitrogens is 1. The third-order valence-electron chi connectivity index (χ3n) is 3.33. The summed E-state index contributed by atoms with van der Waals surface area (Å²) in [5.41, 5.74) is 2.23. The molecule has 0 spiro atoms. The third-order valence-corrected chi connectivity index (χ3v) is 3.33. The van der Waals surface area contributed by atoms with Crippen LogP contribution in [0.5, 0.6) is 0 Å². The lowest BCUT2D eigenvalue weighted by Crippen LogP contribution is -2.11. The summed E-state index contributed by atoms with van der Waals surface area (Å²) in [6.45, 7) is 0. The smallest absolute Gasteiger partial charge is 0.305 e. The fourth-order valence-corrected chi connectivity index (χ4v) is 2.34. The highest BCUT2D eigenvalue weighted by Crippen LogP contribution is 2.33. The number of nitro groups is 1. The molecule has 100 valence electrons. The van der Waals surface area contributed by atoms with Crippen molar-refractivity contribution in [3.63, 3.8) is 0 Å². The maximum atomic E-state index is 11.7. The molecule has 1 aromatic heterocycles. The van der Waals surface area contributed by atoms with Crippen LogP contribution < -0.4 is 5.69 Å². The lowest BCUT2D eigenvalue weighted by Gasteiger charge is -2.04. The number of rotatable bonds is 2. The van der Waals surface area contributed by atoms with Gasteiger partial charge in [0, 0.05) is 18.7 Å². The molecule has 0 aliphatic carbocycles. The molecule has 3 aromatic rings. The Labute approximate surface area is 113 Å². The molecule has 0 saturated carbocycles. The largest absolute Gasteiger partial charge is 0.326 e. The number of aryl methyl sites for hydroxylation is 1. The Morgan fingerprint density at radius 1 is 1.10 bits per heavy atom. The molecule has 2 aromatic carbocycles. The van der Waals surface area contributed by atoms with Gasteiger partial charge in [0.25, 0.3) is 5.69 Å². The molecule has 20 heavy (non-hydrogen) atoms. The molecule has 0 bridgehead atoms. The number of imidazole rings is 1. The number of aromatic amines is 1. The molecule has 0 radical (unpaired) electrons. The van der Waals surface area contributed by atoms with E-state index in [2.05, 4.69) is 4.98 Å². The second-order valence-corrected chi connectivity index (χ2v) is 4.46. The Morgan fingerprint density at radius 2 is 1.80 bits per heavy atom. The van der Waals surface area contributed by atoms with Gasteiger partial charge in [-0.25, -0.2) is 4.79 Å². The molecule has 6 heteroatoms. The van der Waals surface area contributed by atoms with Crippen LogP contribution in [0.2, 0.25) is 0 Å². The molecule has 3 rings (SSSR count). The Balaban J connectivity index is 2.39. The minimum atomic E-state index is -0.421. The first-order chi connectivity index (χ1) is 9.59. The minimum absolute atomic E-state index is 0.0182. The van der Waals surface area contributed by atoms with Crippen molar-refractivity contribution in [1.82, 2.24) is 9.55 Å². The van der Waals surface area contributed by atoms with Gasteiger partial charge in [0.1, 0.15) is 0 Å². The lowest BCUT2D eigenvalue weighted by atomic mass is 10.0. The van der Waals surface area contributed by atoms with Gasteiger partial charge < -0.3 is 4.98 Å². The van der Waals surface area contributed by atoms with Gasteiger partial charge >= 0.3 is 5.69 Å². The van der Waals surface area contributed by atoms with E-state index in [0.717, 1.165) is 0 Å². The monoisotopic (exact) mass is 269 g/mol. The summed E-state index contributed by atoms with van der Waals surface area (Å²) >= 11 is 0. The Hall–Kier alpha value is -2.89. The highest BCUT2D eigenvalue weighted by Gasteiger charge is 2.17. The van der Waals surface area contributed by atoms with Crippen molar-refractivity contribution in [3.8, 4) is 11.1 Å². The molecular weight excluding hydrogens is 258 g/mol. The van der Waals surface area contributed by atoms with Crippen molar-refractivity contribution < 1.29 is 4.92 Å². The van der Waals surface area contributed by atoms with Crippen molar-refractivity contribution >= 4 is 16.7 Å². The SMILES string of the molecule is Cn1c(=O)[nH]c2c(-c3ccccc3[N+](=O)[O-])cccc21. The van der Waals surface area contributed by atoms with E-state index in [-0.39, 0.29) is 11.4 Å². The molecule has 0 fully saturated rings. The van der Waals surface area contributed by atoms with Gasteiger partial charge in [0.2, 0.25) is 0 Å². The number of fused-ring (bicyclic) bond motifs is 1. The molecule has 0 unspecified atom stereocenters. The lowest BCUT2D eigenvalue weighted by molar-refractivity contribution is -0.384. The maximum absolute atomic E-state index is 11.7. The topological polar surface area (TPSA) is 80.9 Å². The number of nitrogens with zero attached hydrogens (tertiary/aromatic N) is 2. The zero-order valence-corrected chi connectivity index (χ0v) is 10.7. The summed E-state index contributed by atoms with van der Waals surface area (Å²) in [6.07, 6.45) is 0. The molecule has 0 atom stereocenters. The molecule has 0 amide bonds. The second kappa shape index (κ2) is 4.34. The quantitative estimate of drug-likeness (QED) is 0.573. The number of hydrogen-bond acceptors (Lipinski definition) is 3. The van der Waals surface area contributed by atoms with E-state index in [0.29, 0.717) is 22.2 Å². The van der Waals surface area contributed by atoms with Crippen LogP contribution in [0, 0.1) is 10.1 Å². The number of para-hydroxylation sites is 2. The third kappa shape index (κ3) is 1.70. The van der Waals surface area contributed by atoms with Crippen molar-refractivity contribution in [1.29, 1.82) is 0 Å². The number of nitrogens with one attached hydrogen (secondary N) is 1. The summed E-state index contributed by atoms with van der Waals surface area (Å²) in [5.74, 6) is 0. The summed E-state index contributed by atoms with van der Waals surface area (Å²) in [6, 6.07) is 11.8.